The summed E-state index contributed by atoms with van der Waals surface area (Å²) in [5, 5.41) is 3.71. The minimum atomic E-state index is -0.798. The molecule has 7 heteroatoms. The summed E-state index contributed by atoms with van der Waals surface area (Å²) in [7, 11) is 1.59. The second-order valence-corrected chi connectivity index (χ2v) is 9.85. The molecule has 0 spiro atoms. The molecule has 34 heavy (non-hydrogen) atoms. The van der Waals surface area contributed by atoms with Gasteiger partial charge >= 0.3 is 0 Å². The fourth-order valence-corrected chi connectivity index (χ4v) is 6.78. The smallest absolute Gasteiger partial charge is 0.268 e. The Morgan fingerprint density at radius 1 is 0.912 bits per heavy atom. The van der Waals surface area contributed by atoms with Crippen molar-refractivity contribution in [2.75, 3.05) is 18.6 Å². The predicted octanol–water partition coefficient (Wildman–Crippen LogP) is 3.50. The molecule has 3 heterocycles. The number of hydrogen-bond acceptors (Lipinski definition) is 5. The summed E-state index contributed by atoms with van der Waals surface area (Å²) in [6, 6.07) is 15.1. The molecule has 4 fully saturated rings. The van der Waals surface area contributed by atoms with Gasteiger partial charge < -0.3 is 4.74 Å². The molecule has 3 amide bonds. The molecule has 4 aliphatic rings. The van der Waals surface area contributed by atoms with E-state index in [0.717, 1.165) is 19.3 Å². The van der Waals surface area contributed by atoms with E-state index in [2.05, 4.69) is 5.01 Å². The molecule has 1 saturated carbocycles. The van der Waals surface area contributed by atoms with Gasteiger partial charge in [-0.15, -0.1) is 0 Å². The molecule has 2 unspecified atom stereocenters. The van der Waals surface area contributed by atoms with Crippen LogP contribution in [0, 0.1) is 17.8 Å². The number of benzene rings is 2. The largest absolute Gasteiger partial charge is 0.497 e. The highest BCUT2D eigenvalue weighted by Crippen LogP contribution is 2.50. The number of ether oxygens (including phenoxy) is 1. The first-order valence-corrected chi connectivity index (χ1v) is 12.3. The average Bonchev–Trinajstić information content (AvgIpc) is 3.36. The molecule has 0 N–H and O–H groups in total. The van der Waals surface area contributed by atoms with E-state index in [0.29, 0.717) is 35.4 Å². The van der Waals surface area contributed by atoms with Crippen molar-refractivity contribution < 1.29 is 19.1 Å². The monoisotopic (exact) mass is 459 g/mol. The Kier molecular flexibility index (Phi) is 5.17. The van der Waals surface area contributed by atoms with Gasteiger partial charge in [0, 0.05) is 18.2 Å². The number of hydrogen-bond donors (Lipinski definition) is 0. The highest BCUT2D eigenvalue weighted by Gasteiger charge is 2.66. The molecule has 2 aromatic carbocycles. The number of nitrogens with zero attached hydrogens (tertiary/aromatic N) is 3. The third kappa shape index (κ3) is 3.10. The van der Waals surface area contributed by atoms with Crippen LogP contribution in [-0.4, -0.2) is 53.5 Å². The first kappa shape index (κ1) is 21.4. The molecule has 2 aromatic rings. The number of carbonyl (C=O) groups is 3. The topological polar surface area (TPSA) is 70.2 Å². The quantitative estimate of drug-likeness (QED) is 0.657. The van der Waals surface area contributed by atoms with Gasteiger partial charge in [0.05, 0.1) is 18.7 Å². The zero-order valence-corrected chi connectivity index (χ0v) is 19.3. The summed E-state index contributed by atoms with van der Waals surface area (Å²) in [4.78, 5) is 42.8. The Labute approximate surface area is 199 Å². The Hall–Kier alpha value is -3.19. The average molecular weight is 460 g/mol. The van der Waals surface area contributed by atoms with Crippen molar-refractivity contribution in [3.8, 4) is 5.75 Å². The maximum atomic E-state index is 13.9. The first-order chi connectivity index (χ1) is 16.6. The van der Waals surface area contributed by atoms with Gasteiger partial charge in [-0.25, -0.2) is 9.91 Å². The molecule has 3 saturated heterocycles. The molecule has 7 nitrogen and oxygen atoms in total. The maximum absolute atomic E-state index is 13.9. The summed E-state index contributed by atoms with van der Waals surface area (Å²) < 4.78 is 5.24. The minimum absolute atomic E-state index is 0.114. The van der Waals surface area contributed by atoms with Crippen LogP contribution in [-0.2, 0) is 9.59 Å². The Morgan fingerprint density at radius 2 is 1.65 bits per heavy atom. The lowest BCUT2D eigenvalue weighted by Gasteiger charge is -2.47. The highest BCUT2D eigenvalue weighted by molar-refractivity contribution is 6.25. The van der Waals surface area contributed by atoms with Gasteiger partial charge in [-0.2, -0.15) is 0 Å². The lowest BCUT2D eigenvalue weighted by molar-refractivity contribution is -0.129. The summed E-state index contributed by atoms with van der Waals surface area (Å²) in [6.45, 7) is 0.701. The van der Waals surface area contributed by atoms with Crippen LogP contribution in [0.5, 0.6) is 5.75 Å². The summed E-state index contributed by atoms with van der Waals surface area (Å²) in [5.41, 5.74) is 1.07. The molecule has 0 radical (unpaired) electrons. The second-order valence-electron chi connectivity index (χ2n) is 9.85. The fourth-order valence-electron chi connectivity index (χ4n) is 6.78. The standard InChI is InChI=1S/C27H29N3O4/c1-34-20-13-11-18(12-14-20)25(31)30-24-22(23-21-10-6-5-7-17(21)15-16-28(23)30)26(32)29(27(24)33)19-8-3-2-4-9-19/h2-4,8-9,11-14,17,21-24H,5-7,10,15-16H2,1H3/t17?,21?,22-,23-,24+/m0/s1. The van der Waals surface area contributed by atoms with Gasteiger partial charge in [0.25, 0.3) is 11.8 Å². The first-order valence-electron chi connectivity index (χ1n) is 12.3. The number of imide groups is 1. The lowest BCUT2D eigenvalue weighted by Crippen LogP contribution is -2.57. The van der Waals surface area contributed by atoms with Crippen molar-refractivity contribution in [1.29, 1.82) is 0 Å². The number of piperidine rings is 1. The van der Waals surface area contributed by atoms with Crippen molar-refractivity contribution in [3.63, 3.8) is 0 Å². The summed E-state index contributed by atoms with van der Waals surface area (Å²) in [5.74, 6) is 0.319. The normalized spacial score (nSPS) is 30.7. The number of methoxy groups -OCH3 is 1. The molecule has 3 aliphatic heterocycles. The zero-order chi connectivity index (χ0) is 23.4. The second kappa shape index (κ2) is 8.24. The number of anilines is 1. The van der Waals surface area contributed by atoms with Crippen LogP contribution in [0.4, 0.5) is 5.69 Å². The molecular weight excluding hydrogens is 430 g/mol. The van der Waals surface area contributed by atoms with Gasteiger partial charge in [-0.3, -0.25) is 19.4 Å². The van der Waals surface area contributed by atoms with Crippen LogP contribution in [0.25, 0.3) is 0 Å². The fraction of sp³-hybridized carbons (Fsp3) is 0.444. The summed E-state index contributed by atoms with van der Waals surface area (Å²) in [6.07, 6.45) is 5.58. The van der Waals surface area contributed by atoms with E-state index in [1.807, 2.05) is 18.2 Å². The molecule has 1 aliphatic carbocycles. The maximum Gasteiger partial charge on any atom is 0.268 e. The van der Waals surface area contributed by atoms with Crippen molar-refractivity contribution in [3.05, 3.63) is 60.2 Å². The van der Waals surface area contributed by atoms with E-state index in [9.17, 15) is 14.4 Å². The predicted molar refractivity (Wildman–Crippen MR) is 126 cm³/mol. The molecule has 6 rings (SSSR count). The highest BCUT2D eigenvalue weighted by atomic mass is 16.5. The van der Waals surface area contributed by atoms with Gasteiger partial charge in [-0.05, 0) is 61.1 Å². The number of fused-ring (bicyclic) bond motifs is 5. The van der Waals surface area contributed by atoms with Crippen LogP contribution in [0.3, 0.4) is 0 Å². The van der Waals surface area contributed by atoms with Crippen LogP contribution >= 0.6 is 0 Å². The minimum Gasteiger partial charge on any atom is -0.497 e. The molecule has 5 atom stereocenters. The van der Waals surface area contributed by atoms with Gasteiger partial charge in [0.15, 0.2) is 0 Å². The van der Waals surface area contributed by atoms with Crippen LogP contribution in [0.15, 0.2) is 54.6 Å². The van der Waals surface area contributed by atoms with Crippen LogP contribution in [0.1, 0.15) is 42.5 Å². The van der Waals surface area contributed by atoms with E-state index in [1.165, 1.54) is 17.7 Å². The van der Waals surface area contributed by atoms with Gasteiger partial charge in [0.1, 0.15) is 11.8 Å². The molecule has 176 valence electrons. The molecular formula is C27H29N3O4. The number of para-hydroxylation sites is 1. The molecule has 0 bridgehead atoms. The number of hydrazine groups is 1. The molecule has 0 aromatic heterocycles. The van der Waals surface area contributed by atoms with E-state index in [4.69, 9.17) is 4.74 Å². The lowest BCUT2D eigenvalue weighted by atomic mass is 9.68. The van der Waals surface area contributed by atoms with E-state index < -0.39 is 12.0 Å². The summed E-state index contributed by atoms with van der Waals surface area (Å²) >= 11 is 0. The van der Waals surface area contributed by atoms with Crippen molar-refractivity contribution in [2.45, 2.75) is 44.2 Å². The number of carbonyl (C=O) groups excluding carboxylic acids is 3. The van der Waals surface area contributed by atoms with E-state index >= 15 is 0 Å². The number of amides is 3. The Bertz CT molecular complexity index is 1120. The zero-order valence-electron chi connectivity index (χ0n) is 19.3. The van der Waals surface area contributed by atoms with Crippen LogP contribution in [0.2, 0.25) is 0 Å². The van der Waals surface area contributed by atoms with Gasteiger partial charge in [0.2, 0.25) is 5.91 Å². The third-order valence-electron chi connectivity index (χ3n) is 8.27. The van der Waals surface area contributed by atoms with Crippen molar-refractivity contribution in [2.24, 2.45) is 17.8 Å². The van der Waals surface area contributed by atoms with Gasteiger partial charge in [-0.1, -0.05) is 37.5 Å². The van der Waals surface area contributed by atoms with Crippen molar-refractivity contribution in [1.82, 2.24) is 10.0 Å². The number of rotatable bonds is 3. The SMILES string of the molecule is COc1ccc(C(=O)N2[C@H]3C(=O)N(c4ccccc4)C(=O)[C@H]3[C@@H]3C4CCCCC4CCN32)cc1. The Morgan fingerprint density at radius 3 is 2.38 bits per heavy atom. The van der Waals surface area contributed by atoms with Crippen molar-refractivity contribution >= 4 is 23.4 Å². The van der Waals surface area contributed by atoms with E-state index in [-0.39, 0.29) is 23.8 Å². The van der Waals surface area contributed by atoms with E-state index in [1.54, 1.807) is 48.5 Å². The third-order valence-corrected chi connectivity index (χ3v) is 8.27. The van der Waals surface area contributed by atoms with Crippen LogP contribution < -0.4 is 9.64 Å². The Balaban J connectivity index is 1.43.